The third-order valence-corrected chi connectivity index (χ3v) is 11.5. The summed E-state index contributed by atoms with van der Waals surface area (Å²) in [5.41, 5.74) is 0. The van der Waals surface area contributed by atoms with Crippen LogP contribution in [-0.2, 0) is 14.3 Å². The molecule has 0 aromatic rings. The van der Waals surface area contributed by atoms with Crippen molar-refractivity contribution >= 4 is 5.91 Å². The van der Waals surface area contributed by atoms with Crippen LogP contribution < -0.4 is 5.32 Å². The van der Waals surface area contributed by atoms with E-state index in [0.717, 1.165) is 70.6 Å². The molecule has 9 heteroatoms. The van der Waals surface area contributed by atoms with Gasteiger partial charge in [-0.3, -0.25) is 4.79 Å². The summed E-state index contributed by atoms with van der Waals surface area (Å²) in [6.45, 7) is 3.63. The van der Waals surface area contributed by atoms with Crippen LogP contribution in [0.3, 0.4) is 0 Å². The Labute approximate surface area is 384 Å². The SMILES string of the molecule is CC/C=C\C/C=C\C/C=C\C/C=C\C/C=C\C/C=C\CCCCC(=O)NC(COC1OC(CO)C(O)C(O)C1O)C(O)/C=C/CCCCCCCCCCCCCCCCCCC. The van der Waals surface area contributed by atoms with Gasteiger partial charge in [-0.15, -0.1) is 0 Å². The Bertz CT molecular complexity index is 1260. The quantitative estimate of drug-likeness (QED) is 0.0263. The molecule has 7 unspecified atom stereocenters. The number of aliphatic hydroxyl groups excluding tert-OH is 5. The molecule has 1 saturated heterocycles. The summed E-state index contributed by atoms with van der Waals surface area (Å²) in [7, 11) is 0. The smallest absolute Gasteiger partial charge is 0.220 e. The summed E-state index contributed by atoms with van der Waals surface area (Å²) in [5.74, 6) is -0.222. The zero-order chi connectivity index (χ0) is 45.9. The monoisotopic (exact) mass is 884 g/mol. The number of hydrogen-bond donors (Lipinski definition) is 6. The molecule has 6 N–H and O–H groups in total. The van der Waals surface area contributed by atoms with Crippen LogP contribution in [0.2, 0.25) is 0 Å². The molecule has 63 heavy (non-hydrogen) atoms. The van der Waals surface area contributed by atoms with Crippen molar-refractivity contribution in [2.75, 3.05) is 13.2 Å². The molecule has 1 aliphatic heterocycles. The number of ether oxygens (including phenoxy) is 2. The normalized spacial score (nSPS) is 20.9. The van der Waals surface area contributed by atoms with Crippen molar-refractivity contribution in [3.05, 3.63) is 85.1 Å². The minimum atomic E-state index is -1.58. The van der Waals surface area contributed by atoms with Crippen LogP contribution in [0.1, 0.15) is 194 Å². The number of hydrogen-bond acceptors (Lipinski definition) is 8. The highest BCUT2D eigenvalue weighted by Gasteiger charge is 2.44. The molecular weight excluding hydrogens is 791 g/mol. The van der Waals surface area contributed by atoms with Crippen molar-refractivity contribution in [1.29, 1.82) is 0 Å². The van der Waals surface area contributed by atoms with Gasteiger partial charge >= 0.3 is 0 Å². The van der Waals surface area contributed by atoms with E-state index in [2.05, 4.69) is 92.1 Å². The molecule has 7 atom stereocenters. The van der Waals surface area contributed by atoms with Gasteiger partial charge < -0.3 is 40.3 Å². The van der Waals surface area contributed by atoms with E-state index in [1.807, 2.05) is 6.08 Å². The molecule has 9 nitrogen and oxygen atoms in total. The number of amides is 1. The lowest BCUT2D eigenvalue weighted by Gasteiger charge is -2.40. The van der Waals surface area contributed by atoms with E-state index >= 15 is 0 Å². The van der Waals surface area contributed by atoms with Crippen molar-refractivity contribution < 1.29 is 39.8 Å². The van der Waals surface area contributed by atoms with E-state index in [1.165, 1.54) is 96.3 Å². The molecular formula is C54H93NO8. The standard InChI is InChI=1S/C54H93NO8/c1-3-5-7-9-11-13-15-17-19-21-23-24-26-28-30-32-34-36-38-40-42-44-50(58)55-47(46-62-54-53(61)52(60)51(59)49(45-56)63-54)48(57)43-41-39-37-35-33-31-29-27-25-22-20-18-16-14-12-10-8-6-4-2/h5,7,11,13,17,19,23-24,28,30,34,36,41,43,47-49,51-54,56-57,59-61H,3-4,6,8-10,12,14-16,18,20-22,25-27,29,31-33,35,37-40,42,44-46H2,1-2H3,(H,55,58)/b7-5-,13-11-,19-17-,24-23-,30-28-,36-34-,43-41+. The highest BCUT2D eigenvalue weighted by atomic mass is 16.7. The molecule has 0 aromatic heterocycles. The number of nitrogens with one attached hydrogen (secondary N) is 1. The van der Waals surface area contributed by atoms with Gasteiger partial charge in [-0.25, -0.2) is 0 Å². The van der Waals surface area contributed by atoms with E-state index in [4.69, 9.17) is 9.47 Å². The first-order valence-electron chi connectivity index (χ1n) is 25.3. The fourth-order valence-electron chi connectivity index (χ4n) is 7.45. The number of rotatable bonds is 41. The highest BCUT2D eigenvalue weighted by Crippen LogP contribution is 2.22. The number of carbonyl (C=O) groups excluding carboxylic acids is 1. The van der Waals surface area contributed by atoms with Gasteiger partial charge in [0.05, 0.1) is 25.4 Å². The first-order chi connectivity index (χ1) is 30.8. The largest absolute Gasteiger partial charge is 0.394 e. The predicted molar refractivity (Wildman–Crippen MR) is 262 cm³/mol. The fourth-order valence-corrected chi connectivity index (χ4v) is 7.45. The summed E-state index contributed by atoms with van der Waals surface area (Å²) in [6, 6.07) is -0.833. The van der Waals surface area contributed by atoms with E-state index in [0.29, 0.717) is 6.42 Å². The van der Waals surface area contributed by atoms with E-state index < -0.39 is 49.5 Å². The predicted octanol–water partition coefficient (Wildman–Crippen LogP) is 11.5. The second-order valence-electron chi connectivity index (χ2n) is 17.2. The lowest BCUT2D eigenvalue weighted by Crippen LogP contribution is -2.60. The lowest BCUT2D eigenvalue weighted by molar-refractivity contribution is -0.302. The maximum atomic E-state index is 13.0. The van der Waals surface area contributed by atoms with Crippen molar-refractivity contribution in [1.82, 2.24) is 5.32 Å². The van der Waals surface area contributed by atoms with E-state index in [1.54, 1.807) is 6.08 Å². The summed E-state index contributed by atoms with van der Waals surface area (Å²) in [5, 5.41) is 54.3. The van der Waals surface area contributed by atoms with Crippen LogP contribution in [0.5, 0.6) is 0 Å². The third kappa shape index (κ3) is 33.5. The molecule has 1 heterocycles. The van der Waals surface area contributed by atoms with Gasteiger partial charge in [-0.2, -0.15) is 0 Å². The average molecular weight is 884 g/mol. The maximum Gasteiger partial charge on any atom is 0.220 e. The van der Waals surface area contributed by atoms with Crippen LogP contribution in [-0.4, -0.2) is 87.5 Å². The zero-order valence-corrected chi connectivity index (χ0v) is 39.8. The Morgan fingerprint density at radius 2 is 0.984 bits per heavy atom. The molecule has 0 aromatic carbocycles. The molecule has 1 fully saturated rings. The molecule has 0 radical (unpaired) electrons. The molecule has 0 saturated carbocycles. The van der Waals surface area contributed by atoms with Gasteiger partial charge in [0.2, 0.25) is 5.91 Å². The molecule has 0 aliphatic carbocycles. The van der Waals surface area contributed by atoms with Crippen LogP contribution in [0.25, 0.3) is 0 Å². The Hall–Kier alpha value is -2.63. The molecule has 1 rings (SSSR count). The Morgan fingerprint density at radius 3 is 1.46 bits per heavy atom. The van der Waals surface area contributed by atoms with Crippen molar-refractivity contribution in [3.8, 4) is 0 Å². The summed E-state index contributed by atoms with van der Waals surface area (Å²) >= 11 is 0. The Morgan fingerprint density at radius 1 is 0.556 bits per heavy atom. The number of carbonyl (C=O) groups is 1. The maximum absolute atomic E-state index is 13.0. The summed E-state index contributed by atoms with van der Waals surface area (Å²) in [6.07, 6.45) is 53.4. The molecule has 0 spiro atoms. The van der Waals surface area contributed by atoms with E-state index in [-0.39, 0.29) is 18.9 Å². The first-order valence-corrected chi connectivity index (χ1v) is 25.3. The van der Waals surface area contributed by atoms with Gasteiger partial charge in [0, 0.05) is 6.42 Å². The topological polar surface area (TPSA) is 149 Å². The van der Waals surface area contributed by atoms with Gasteiger partial charge in [-0.1, -0.05) is 202 Å². The second-order valence-corrected chi connectivity index (χ2v) is 17.2. The van der Waals surface area contributed by atoms with Crippen LogP contribution >= 0.6 is 0 Å². The molecule has 1 aliphatic rings. The van der Waals surface area contributed by atoms with Crippen LogP contribution in [0.4, 0.5) is 0 Å². The van der Waals surface area contributed by atoms with Crippen molar-refractivity contribution in [2.24, 2.45) is 0 Å². The second kappa shape index (κ2) is 43.3. The van der Waals surface area contributed by atoms with Crippen molar-refractivity contribution in [3.63, 3.8) is 0 Å². The Kier molecular flexibility index (Phi) is 40.1. The lowest BCUT2D eigenvalue weighted by atomic mass is 9.99. The number of unbranched alkanes of at least 4 members (excludes halogenated alkanes) is 19. The van der Waals surface area contributed by atoms with Crippen molar-refractivity contribution in [2.45, 2.75) is 236 Å². The van der Waals surface area contributed by atoms with Gasteiger partial charge in [0.15, 0.2) is 6.29 Å². The molecule has 362 valence electrons. The Balaban J connectivity index is 2.36. The van der Waals surface area contributed by atoms with Crippen LogP contribution in [0.15, 0.2) is 85.1 Å². The highest BCUT2D eigenvalue weighted by molar-refractivity contribution is 5.76. The zero-order valence-electron chi connectivity index (χ0n) is 39.8. The number of aliphatic hydroxyl groups is 5. The van der Waals surface area contributed by atoms with Gasteiger partial charge in [0.25, 0.3) is 0 Å². The fraction of sp³-hybridized carbons (Fsp3) is 0.722. The molecule has 1 amide bonds. The summed E-state index contributed by atoms with van der Waals surface area (Å²) in [4.78, 5) is 13.0. The minimum Gasteiger partial charge on any atom is -0.394 e. The number of allylic oxidation sites excluding steroid dienone is 13. The van der Waals surface area contributed by atoms with Crippen LogP contribution in [0, 0.1) is 0 Å². The minimum absolute atomic E-state index is 0.211. The van der Waals surface area contributed by atoms with E-state index in [9.17, 15) is 30.3 Å². The first kappa shape index (κ1) is 58.4. The molecule has 0 bridgehead atoms. The van der Waals surface area contributed by atoms with Gasteiger partial charge in [0.1, 0.15) is 24.4 Å². The van der Waals surface area contributed by atoms with Gasteiger partial charge in [-0.05, 0) is 70.6 Å². The summed E-state index contributed by atoms with van der Waals surface area (Å²) < 4.78 is 11.2. The average Bonchev–Trinajstić information content (AvgIpc) is 3.28. The third-order valence-electron chi connectivity index (χ3n) is 11.5.